The van der Waals surface area contributed by atoms with Crippen LogP contribution in [0.3, 0.4) is 0 Å². The Morgan fingerprint density at radius 2 is 1.62 bits per heavy atom. The highest BCUT2D eigenvalue weighted by molar-refractivity contribution is 6.30. The predicted molar refractivity (Wildman–Crippen MR) is 93.8 cm³/mol. The molecule has 2 N–H and O–H groups in total. The van der Waals surface area contributed by atoms with Crippen molar-refractivity contribution in [3.63, 3.8) is 0 Å². The van der Waals surface area contributed by atoms with Crippen LogP contribution < -0.4 is 5.32 Å². The maximum absolute atomic E-state index is 12.0. The molecule has 1 amide bonds. The second-order valence-corrected chi connectivity index (χ2v) is 5.92. The molecule has 0 heterocycles. The number of rotatable bonds is 8. The number of carbonyl (C=O) groups is 2. The summed E-state index contributed by atoms with van der Waals surface area (Å²) in [5, 5.41) is 12.7. The first-order chi connectivity index (χ1) is 11.6. The summed E-state index contributed by atoms with van der Waals surface area (Å²) in [7, 11) is 0. The second kappa shape index (κ2) is 9.21. The van der Waals surface area contributed by atoms with Gasteiger partial charge in [-0.3, -0.25) is 9.59 Å². The van der Waals surface area contributed by atoms with Gasteiger partial charge in [0.2, 0.25) is 5.91 Å². The first kappa shape index (κ1) is 18.2. The van der Waals surface area contributed by atoms with E-state index in [9.17, 15) is 14.7 Å². The molecule has 0 spiro atoms. The van der Waals surface area contributed by atoms with Gasteiger partial charge in [-0.15, -0.1) is 0 Å². The van der Waals surface area contributed by atoms with E-state index < -0.39 is 0 Å². The maximum atomic E-state index is 12.0. The van der Waals surface area contributed by atoms with Crippen molar-refractivity contribution in [2.75, 3.05) is 0 Å². The molecule has 0 fully saturated rings. The molecule has 24 heavy (non-hydrogen) atoms. The van der Waals surface area contributed by atoms with Crippen LogP contribution in [0.2, 0.25) is 5.02 Å². The summed E-state index contributed by atoms with van der Waals surface area (Å²) in [6, 6.07) is 14.2. The van der Waals surface area contributed by atoms with E-state index >= 15 is 0 Å². The third-order valence-electron chi connectivity index (χ3n) is 3.74. The summed E-state index contributed by atoms with van der Waals surface area (Å²) >= 11 is 5.79. The third kappa shape index (κ3) is 5.48. The molecule has 126 valence electrons. The SMILES string of the molecule is O=C(CCCC(=O)c1ccc(Cl)cc1)NCc1ccccc1CO. The molecule has 0 aliphatic heterocycles. The molecule has 0 aliphatic carbocycles. The Hall–Kier alpha value is -2.17. The lowest BCUT2D eigenvalue weighted by atomic mass is 10.1. The fraction of sp³-hybridized carbons (Fsp3) is 0.263. The van der Waals surface area contributed by atoms with Gasteiger partial charge in [-0.2, -0.15) is 0 Å². The fourth-order valence-corrected chi connectivity index (χ4v) is 2.48. The number of benzene rings is 2. The van der Waals surface area contributed by atoms with Crippen molar-refractivity contribution in [3.8, 4) is 0 Å². The smallest absolute Gasteiger partial charge is 0.220 e. The van der Waals surface area contributed by atoms with Crippen molar-refractivity contribution in [1.82, 2.24) is 5.32 Å². The lowest BCUT2D eigenvalue weighted by molar-refractivity contribution is -0.121. The van der Waals surface area contributed by atoms with Crippen LogP contribution in [0.15, 0.2) is 48.5 Å². The van der Waals surface area contributed by atoms with E-state index in [1.165, 1.54) is 0 Å². The molecule has 0 aromatic heterocycles. The first-order valence-corrected chi connectivity index (χ1v) is 8.21. The van der Waals surface area contributed by atoms with Crippen LogP contribution in [0.4, 0.5) is 0 Å². The summed E-state index contributed by atoms with van der Waals surface area (Å²) in [5.74, 6) is -0.100. The molecule has 0 aliphatic rings. The van der Waals surface area contributed by atoms with Gasteiger partial charge in [0, 0.05) is 30.0 Å². The summed E-state index contributed by atoms with van der Waals surface area (Å²) < 4.78 is 0. The van der Waals surface area contributed by atoms with Gasteiger partial charge in [0.25, 0.3) is 0 Å². The molecule has 5 heteroatoms. The quantitative estimate of drug-likeness (QED) is 0.719. The van der Waals surface area contributed by atoms with E-state index in [-0.39, 0.29) is 18.3 Å². The highest BCUT2D eigenvalue weighted by Gasteiger charge is 2.08. The van der Waals surface area contributed by atoms with Gasteiger partial charge in [-0.25, -0.2) is 0 Å². The van der Waals surface area contributed by atoms with Crippen molar-refractivity contribution < 1.29 is 14.7 Å². The number of hydrogen-bond acceptors (Lipinski definition) is 3. The number of aliphatic hydroxyl groups is 1. The molecule has 0 bridgehead atoms. The number of aliphatic hydroxyl groups excluding tert-OH is 1. The minimum atomic E-state index is -0.105. The summed E-state index contributed by atoms with van der Waals surface area (Å²) in [5.41, 5.74) is 2.30. The molecule has 0 saturated heterocycles. The van der Waals surface area contributed by atoms with Crippen LogP contribution >= 0.6 is 11.6 Å². The van der Waals surface area contributed by atoms with Crippen LogP contribution in [0.5, 0.6) is 0 Å². The zero-order chi connectivity index (χ0) is 17.4. The molecule has 2 aromatic carbocycles. The van der Waals surface area contributed by atoms with Crippen LogP contribution in [-0.2, 0) is 17.9 Å². The van der Waals surface area contributed by atoms with Gasteiger partial charge < -0.3 is 10.4 Å². The van der Waals surface area contributed by atoms with Crippen molar-refractivity contribution in [3.05, 3.63) is 70.2 Å². The number of Topliss-reactive ketones (excluding diaryl/α,β-unsaturated/α-hetero) is 1. The lowest BCUT2D eigenvalue weighted by Crippen LogP contribution is -2.23. The van der Waals surface area contributed by atoms with Gasteiger partial charge in [-0.05, 0) is 41.8 Å². The standard InChI is InChI=1S/C19H20ClNO3/c20-17-10-8-14(9-11-17)18(23)6-3-7-19(24)21-12-15-4-1-2-5-16(15)13-22/h1-2,4-5,8-11,22H,3,6-7,12-13H2,(H,21,24). The van der Waals surface area contributed by atoms with E-state index in [0.717, 1.165) is 11.1 Å². The van der Waals surface area contributed by atoms with E-state index in [0.29, 0.717) is 36.4 Å². The Balaban J connectivity index is 1.73. The first-order valence-electron chi connectivity index (χ1n) is 7.83. The minimum absolute atomic E-state index is 0.00472. The molecule has 4 nitrogen and oxygen atoms in total. The average Bonchev–Trinajstić information content (AvgIpc) is 2.60. The van der Waals surface area contributed by atoms with Crippen molar-refractivity contribution in [1.29, 1.82) is 0 Å². The Morgan fingerprint density at radius 3 is 2.29 bits per heavy atom. The van der Waals surface area contributed by atoms with E-state index in [4.69, 9.17) is 11.6 Å². The number of halogens is 1. The monoisotopic (exact) mass is 345 g/mol. The van der Waals surface area contributed by atoms with E-state index in [1.807, 2.05) is 24.3 Å². The van der Waals surface area contributed by atoms with Crippen molar-refractivity contribution in [2.24, 2.45) is 0 Å². The summed E-state index contributed by atoms with van der Waals surface area (Å²) in [6.07, 6.45) is 1.11. The van der Waals surface area contributed by atoms with Crippen molar-refractivity contribution in [2.45, 2.75) is 32.4 Å². The normalized spacial score (nSPS) is 10.4. The number of nitrogens with one attached hydrogen (secondary N) is 1. The lowest BCUT2D eigenvalue weighted by Gasteiger charge is -2.09. The van der Waals surface area contributed by atoms with Gasteiger partial charge >= 0.3 is 0 Å². The Bertz CT molecular complexity index is 698. The number of hydrogen-bond donors (Lipinski definition) is 2. The Morgan fingerprint density at radius 1 is 0.958 bits per heavy atom. The number of ketones is 1. The highest BCUT2D eigenvalue weighted by Crippen LogP contribution is 2.13. The molecule has 0 radical (unpaired) electrons. The summed E-state index contributed by atoms with van der Waals surface area (Å²) in [6.45, 7) is 0.322. The highest BCUT2D eigenvalue weighted by atomic mass is 35.5. The molecule has 2 rings (SSSR count). The number of amides is 1. The molecule has 2 aromatic rings. The molecule has 0 unspecified atom stereocenters. The van der Waals surface area contributed by atoms with Crippen LogP contribution in [0.1, 0.15) is 40.7 Å². The topological polar surface area (TPSA) is 66.4 Å². The van der Waals surface area contributed by atoms with E-state index in [1.54, 1.807) is 24.3 Å². The average molecular weight is 346 g/mol. The van der Waals surface area contributed by atoms with Gasteiger partial charge in [0.15, 0.2) is 5.78 Å². The fourth-order valence-electron chi connectivity index (χ4n) is 2.36. The van der Waals surface area contributed by atoms with Gasteiger partial charge in [0.05, 0.1) is 6.61 Å². The van der Waals surface area contributed by atoms with Crippen molar-refractivity contribution >= 4 is 23.3 Å². The minimum Gasteiger partial charge on any atom is -0.392 e. The molecular weight excluding hydrogens is 326 g/mol. The van der Waals surface area contributed by atoms with Gasteiger partial charge in [-0.1, -0.05) is 35.9 Å². The molecular formula is C19H20ClNO3. The van der Waals surface area contributed by atoms with Crippen LogP contribution in [0.25, 0.3) is 0 Å². The zero-order valence-corrected chi connectivity index (χ0v) is 14.1. The van der Waals surface area contributed by atoms with Gasteiger partial charge in [0.1, 0.15) is 0 Å². The Labute approximate surface area is 146 Å². The second-order valence-electron chi connectivity index (χ2n) is 5.49. The molecule has 0 atom stereocenters. The number of carbonyl (C=O) groups excluding carboxylic acids is 2. The van der Waals surface area contributed by atoms with E-state index in [2.05, 4.69) is 5.32 Å². The van der Waals surface area contributed by atoms with Crippen LogP contribution in [0, 0.1) is 0 Å². The Kier molecular flexibility index (Phi) is 6.97. The maximum Gasteiger partial charge on any atom is 0.220 e. The zero-order valence-electron chi connectivity index (χ0n) is 13.3. The third-order valence-corrected chi connectivity index (χ3v) is 3.99. The predicted octanol–water partition coefficient (Wildman–Crippen LogP) is 3.50. The summed E-state index contributed by atoms with van der Waals surface area (Å²) in [4.78, 5) is 23.9. The molecule has 0 saturated carbocycles. The van der Waals surface area contributed by atoms with Crippen LogP contribution in [-0.4, -0.2) is 16.8 Å². The largest absolute Gasteiger partial charge is 0.392 e.